The van der Waals surface area contributed by atoms with Crippen LogP contribution in [0, 0.1) is 0 Å². The molecule has 4 heteroatoms. The Morgan fingerprint density at radius 2 is 2.26 bits per heavy atom. The predicted molar refractivity (Wildman–Crippen MR) is 75.9 cm³/mol. The molecule has 1 heterocycles. The van der Waals surface area contributed by atoms with Crippen molar-refractivity contribution in [3.63, 3.8) is 0 Å². The quantitative estimate of drug-likeness (QED) is 0.900. The van der Waals surface area contributed by atoms with E-state index in [-0.39, 0.29) is 0 Å². The molecule has 3 rings (SSSR count). The zero-order valence-corrected chi connectivity index (χ0v) is 12.0. The molecule has 1 N–H and O–H groups in total. The van der Waals surface area contributed by atoms with Crippen molar-refractivity contribution in [1.82, 2.24) is 5.32 Å². The van der Waals surface area contributed by atoms with Gasteiger partial charge in [0.05, 0.1) is 12.7 Å². The van der Waals surface area contributed by atoms with Gasteiger partial charge in [-0.15, -0.1) is 0 Å². The summed E-state index contributed by atoms with van der Waals surface area (Å²) in [6.07, 6.45) is 3.64. The summed E-state index contributed by atoms with van der Waals surface area (Å²) in [5.74, 6) is 1.04. The van der Waals surface area contributed by atoms with Gasteiger partial charge in [0.15, 0.2) is 0 Å². The van der Waals surface area contributed by atoms with Crippen LogP contribution in [0.1, 0.15) is 30.9 Å². The highest BCUT2D eigenvalue weighted by Gasteiger charge is 2.29. The van der Waals surface area contributed by atoms with Gasteiger partial charge in [0, 0.05) is 36.2 Å². The maximum absolute atomic E-state index is 6.15. The first-order valence-electron chi connectivity index (χ1n) is 7.05. The molecule has 104 valence electrons. The van der Waals surface area contributed by atoms with E-state index in [4.69, 9.17) is 21.1 Å². The Labute approximate surface area is 119 Å². The number of fused-ring (bicyclic) bond motifs is 1. The standard InChI is InChI=1S/C15H20ClNO2/c1-2-18-14-7-13(8-14)17-9-11-6-12(16)5-10-3-4-19-15(10)11/h5-6,13-14,17H,2-4,7-9H2,1H3. The van der Waals surface area contributed by atoms with Gasteiger partial charge in [0.1, 0.15) is 5.75 Å². The molecule has 1 saturated carbocycles. The van der Waals surface area contributed by atoms with Gasteiger partial charge in [-0.25, -0.2) is 0 Å². The minimum absolute atomic E-state index is 0.448. The molecule has 0 radical (unpaired) electrons. The van der Waals surface area contributed by atoms with Crippen LogP contribution in [-0.2, 0) is 17.7 Å². The van der Waals surface area contributed by atoms with Crippen molar-refractivity contribution in [2.75, 3.05) is 13.2 Å². The van der Waals surface area contributed by atoms with Gasteiger partial charge in [-0.2, -0.15) is 0 Å². The number of hydrogen-bond acceptors (Lipinski definition) is 3. The molecule has 0 spiro atoms. The van der Waals surface area contributed by atoms with Crippen LogP contribution in [-0.4, -0.2) is 25.4 Å². The zero-order valence-electron chi connectivity index (χ0n) is 11.2. The molecule has 0 unspecified atom stereocenters. The van der Waals surface area contributed by atoms with E-state index in [2.05, 4.69) is 5.32 Å². The molecule has 19 heavy (non-hydrogen) atoms. The number of ether oxygens (including phenoxy) is 2. The summed E-state index contributed by atoms with van der Waals surface area (Å²) in [5, 5.41) is 4.37. The Bertz CT molecular complexity index is 458. The molecular formula is C15H20ClNO2. The normalized spacial score (nSPS) is 24.7. The van der Waals surface area contributed by atoms with E-state index < -0.39 is 0 Å². The third-order valence-corrected chi connectivity index (χ3v) is 4.12. The maximum Gasteiger partial charge on any atom is 0.127 e. The van der Waals surface area contributed by atoms with Crippen molar-refractivity contribution in [3.05, 3.63) is 28.3 Å². The van der Waals surface area contributed by atoms with Crippen LogP contribution >= 0.6 is 11.6 Å². The molecule has 0 amide bonds. The number of rotatable bonds is 5. The fourth-order valence-corrected chi connectivity index (χ4v) is 3.10. The number of hydrogen-bond donors (Lipinski definition) is 1. The molecule has 1 fully saturated rings. The van der Waals surface area contributed by atoms with E-state index in [1.165, 1.54) is 11.1 Å². The first kappa shape index (κ1) is 13.2. The molecule has 1 aromatic rings. The summed E-state index contributed by atoms with van der Waals surface area (Å²) in [5.41, 5.74) is 2.42. The smallest absolute Gasteiger partial charge is 0.127 e. The van der Waals surface area contributed by atoms with Crippen LogP contribution in [0.4, 0.5) is 0 Å². The summed E-state index contributed by atoms with van der Waals surface area (Å²) in [7, 11) is 0. The van der Waals surface area contributed by atoms with E-state index in [1.807, 2.05) is 19.1 Å². The summed E-state index contributed by atoms with van der Waals surface area (Å²) >= 11 is 6.15. The molecule has 0 aromatic heterocycles. The molecule has 0 bridgehead atoms. The van der Waals surface area contributed by atoms with Gasteiger partial charge < -0.3 is 14.8 Å². The zero-order chi connectivity index (χ0) is 13.2. The van der Waals surface area contributed by atoms with Crippen molar-refractivity contribution < 1.29 is 9.47 Å². The van der Waals surface area contributed by atoms with E-state index in [1.54, 1.807) is 0 Å². The van der Waals surface area contributed by atoms with Crippen molar-refractivity contribution in [3.8, 4) is 5.75 Å². The minimum Gasteiger partial charge on any atom is -0.493 e. The lowest BCUT2D eigenvalue weighted by atomic mass is 9.89. The van der Waals surface area contributed by atoms with Gasteiger partial charge in [0.2, 0.25) is 0 Å². The first-order chi connectivity index (χ1) is 9.26. The third kappa shape index (κ3) is 2.88. The summed E-state index contributed by atoms with van der Waals surface area (Å²) in [6.45, 7) is 4.46. The predicted octanol–water partition coefficient (Wildman–Crippen LogP) is 2.93. The molecule has 1 aromatic carbocycles. The number of benzene rings is 1. The first-order valence-corrected chi connectivity index (χ1v) is 7.43. The molecular weight excluding hydrogens is 262 g/mol. The Morgan fingerprint density at radius 1 is 1.42 bits per heavy atom. The lowest BCUT2D eigenvalue weighted by Crippen LogP contribution is -2.45. The highest BCUT2D eigenvalue weighted by Crippen LogP contribution is 2.33. The molecule has 0 saturated heterocycles. The van der Waals surface area contributed by atoms with Crippen LogP contribution < -0.4 is 10.1 Å². The van der Waals surface area contributed by atoms with Gasteiger partial charge in [-0.3, -0.25) is 0 Å². The average Bonchev–Trinajstić information content (AvgIpc) is 2.79. The van der Waals surface area contributed by atoms with E-state index in [0.29, 0.717) is 12.1 Å². The SMILES string of the molecule is CCOC1CC(NCc2cc(Cl)cc3c2OCC3)C1. The number of nitrogens with one attached hydrogen (secondary N) is 1. The van der Waals surface area contributed by atoms with Crippen LogP contribution in [0.5, 0.6) is 5.75 Å². The van der Waals surface area contributed by atoms with Crippen LogP contribution in [0.3, 0.4) is 0 Å². The molecule has 1 aliphatic heterocycles. The lowest BCUT2D eigenvalue weighted by Gasteiger charge is -2.35. The highest BCUT2D eigenvalue weighted by molar-refractivity contribution is 6.30. The average molecular weight is 282 g/mol. The van der Waals surface area contributed by atoms with Crippen LogP contribution in [0.2, 0.25) is 5.02 Å². The second-order valence-electron chi connectivity index (χ2n) is 5.28. The third-order valence-electron chi connectivity index (χ3n) is 3.90. The Balaban J connectivity index is 1.56. The monoisotopic (exact) mass is 281 g/mol. The van der Waals surface area contributed by atoms with Gasteiger partial charge in [-0.05, 0) is 37.5 Å². The maximum atomic E-state index is 6.15. The Kier molecular flexibility index (Phi) is 3.96. The topological polar surface area (TPSA) is 30.5 Å². The van der Waals surface area contributed by atoms with Crippen molar-refractivity contribution in [2.45, 2.75) is 44.9 Å². The molecule has 1 aliphatic carbocycles. The Morgan fingerprint density at radius 3 is 3.05 bits per heavy atom. The second-order valence-corrected chi connectivity index (χ2v) is 5.71. The minimum atomic E-state index is 0.448. The highest BCUT2D eigenvalue weighted by atomic mass is 35.5. The number of halogens is 1. The largest absolute Gasteiger partial charge is 0.493 e. The van der Waals surface area contributed by atoms with Crippen molar-refractivity contribution in [1.29, 1.82) is 0 Å². The molecule has 3 nitrogen and oxygen atoms in total. The van der Waals surface area contributed by atoms with Crippen LogP contribution in [0.15, 0.2) is 12.1 Å². The van der Waals surface area contributed by atoms with Gasteiger partial charge in [0.25, 0.3) is 0 Å². The van der Waals surface area contributed by atoms with E-state index >= 15 is 0 Å². The van der Waals surface area contributed by atoms with Crippen molar-refractivity contribution >= 4 is 11.6 Å². The van der Waals surface area contributed by atoms with Gasteiger partial charge >= 0.3 is 0 Å². The Hall–Kier alpha value is -0.770. The fraction of sp³-hybridized carbons (Fsp3) is 0.600. The van der Waals surface area contributed by atoms with Crippen molar-refractivity contribution in [2.24, 2.45) is 0 Å². The summed E-state index contributed by atoms with van der Waals surface area (Å²) < 4.78 is 11.3. The molecule has 2 aliphatic rings. The van der Waals surface area contributed by atoms with E-state index in [9.17, 15) is 0 Å². The summed E-state index contributed by atoms with van der Waals surface area (Å²) in [4.78, 5) is 0. The van der Waals surface area contributed by atoms with E-state index in [0.717, 1.165) is 49.8 Å². The second kappa shape index (κ2) is 5.70. The summed E-state index contributed by atoms with van der Waals surface area (Å²) in [6, 6.07) is 4.59. The molecule has 0 atom stereocenters. The lowest BCUT2D eigenvalue weighted by molar-refractivity contribution is -0.0102. The fourth-order valence-electron chi connectivity index (χ4n) is 2.84. The van der Waals surface area contributed by atoms with Crippen LogP contribution in [0.25, 0.3) is 0 Å². The van der Waals surface area contributed by atoms with Gasteiger partial charge in [-0.1, -0.05) is 11.6 Å².